The predicted octanol–water partition coefficient (Wildman–Crippen LogP) is 1.99. The fourth-order valence-electron chi connectivity index (χ4n) is 3.76. The molecule has 110 valence electrons. The lowest BCUT2D eigenvalue weighted by molar-refractivity contribution is 0.172. The molecule has 0 aliphatic carbocycles. The number of piperidine rings is 2. The second kappa shape index (κ2) is 5.22. The van der Waals surface area contributed by atoms with Gasteiger partial charge in [0, 0.05) is 25.0 Å². The molecule has 2 aliphatic heterocycles. The summed E-state index contributed by atoms with van der Waals surface area (Å²) < 4.78 is 0. The molecule has 2 fully saturated rings. The van der Waals surface area contributed by atoms with Crippen LogP contribution in [0.15, 0.2) is 24.3 Å². The van der Waals surface area contributed by atoms with Crippen molar-refractivity contribution in [2.24, 2.45) is 5.41 Å². The van der Waals surface area contributed by atoms with Gasteiger partial charge in [-0.15, -0.1) is 10.2 Å². The summed E-state index contributed by atoms with van der Waals surface area (Å²) in [5.74, 6) is 0.790. The molecule has 1 unspecified atom stereocenters. The van der Waals surface area contributed by atoms with E-state index in [4.69, 9.17) is 4.98 Å². The smallest absolute Gasteiger partial charge is 0.245 e. The van der Waals surface area contributed by atoms with Crippen LogP contribution in [-0.2, 0) is 0 Å². The van der Waals surface area contributed by atoms with Crippen molar-refractivity contribution >= 4 is 17.0 Å². The lowest BCUT2D eigenvalue weighted by Crippen LogP contribution is -2.51. The van der Waals surface area contributed by atoms with E-state index in [1.165, 1.54) is 25.7 Å². The molecule has 2 aromatic rings. The lowest BCUT2D eigenvalue weighted by atomic mass is 9.74. The normalized spacial score (nSPS) is 26.4. The number of nitrogens with zero attached hydrogens (tertiary/aromatic N) is 4. The van der Waals surface area contributed by atoms with Crippen LogP contribution in [0.25, 0.3) is 11.0 Å². The van der Waals surface area contributed by atoms with Crippen molar-refractivity contribution in [2.45, 2.75) is 25.7 Å². The first-order valence-electron chi connectivity index (χ1n) is 7.90. The van der Waals surface area contributed by atoms with Crippen molar-refractivity contribution in [3.63, 3.8) is 0 Å². The van der Waals surface area contributed by atoms with Crippen molar-refractivity contribution in [3.8, 4) is 0 Å². The zero-order chi connectivity index (χ0) is 14.1. The standard InChI is InChI=1S/C16H21N5/c1-2-6-14-13(5-1)18-15(20-19-14)21-10-4-8-16(12-21)7-3-9-17-11-16/h1-2,5-6,17H,3-4,7-12H2. The van der Waals surface area contributed by atoms with Crippen LogP contribution in [0, 0.1) is 5.41 Å². The van der Waals surface area contributed by atoms with E-state index < -0.39 is 0 Å². The maximum Gasteiger partial charge on any atom is 0.245 e. The van der Waals surface area contributed by atoms with Gasteiger partial charge in [-0.1, -0.05) is 12.1 Å². The number of para-hydroxylation sites is 1. The number of benzene rings is 1. The van der Waals surface area contributed by atoms with Crippen LogP contribution in [0.4, 0.5) is 5.95 Å². The maximum absolute atomic E-state index is 4.71. The molecule has 0 amide bonds. The summed E-state index contributed by atoms with van der Waals surface area (Å²) in [7, 11) is 0. The summed E-state index contributed by atoms with van der Waals surface area (Å²) in [6.45, 7) is 4.39. The molecule has 2 aliphatic rings. The number of anilines is 1. The van der Waals surface area contributed by atoms with E-state index in [1.54, 1.807) is 0 Å². The Morgan fingerprint density at radius 2 is 1.90 bits per heavy atom. The maximum atomic E-state index is 4.71. The summed E-state index contributed by atoms with van der Waals surface area (Å²) in [4.78, 5) is 7.04. The largest absolute Gasteiger partial charge is 0.339 e. The molecule has 1 atom stereocenters. The number of rotatable bonds is 1. The highest BCUT2D eigenvalue weighted by Crippen LogP contribution is 2.36. The fourth-order valence-corrected chi connectivity index (χ4v) is 3.76. The molecule has 3 heterocycles. The van der Waals surface area contributed by atoms with E-state index in [9.17, 15) is 0 Å². The lowest BCUT2D eigenvalue weighted by Gasteiger charge is -2.45. The molecule has 0 radical (unpaired) electrons. The molecule has 2 saturated heterocycles. The monoisotopic (exact) mass is 283 g/mol. The van der Waals surface area contributed by atoms with E-state index in [-0.39, 0.29) is 0 Å². The third-order valence-electron chi connectivity index (χ3n) is 4.85. The van der Waals surface area contributed by atoms with E-state index in [1.807, 2.05) is 24.3 Å². The van der Waals surface area contributed by atoms with Crippen LogP contribution in [0.5, 0.6) is 0 Å². The highest BCUT2D eigenvalue weighted by molar-refractivity contribution is 5.74. The highest BCUT2D eigenvalue weighted by atomic mass is 15.3. The topological polar surface area (TPSA) is 53.9 Å². The van der Waals surface area contributed by atoms with Gasteiger partial charge in [0.25, 0.3) is 0 Å². The van der Waals surface area contributed by atoms with Gasteiger partial charge in [-0.05, 0) is 44.4 Å². The minimum atomic E-state index is 0.408. The Morgan fingerprint density at radius 1 is 1.05 bits per heavy atom. The van der Waals surface area contributed by atoms with Gasteiger partial charge in [-0.2, -0.15) is 0 Å². The Labute approximate surface area is 124 Å². The Kier molecular flexibility index (Phi) is 3.22. The molecule has 4 rings (SSSR count). The molecule has 0 saturated carbocycles. The van der Waals surface area contributed by atoms with Gasteiger partial charge in [-0.25, -0.2) is 4.98 Å². The number of hydrogen-bond acceptors (Lipinski definition) is 5. The Balaban J connectivity index is 1.61. The summed E-state index contributed by atoms with van der Waals surface area (Å²) in [5.41, 5.74) is 2.21. The number of hydrogen-bond donors (Lipinski definition) is 1. The van der Waals surface area contributed by atoms with Crippen LogP contribution in [0.2, 0.25) is 0 Å². The summed E-state index contributed by atoms with van der Waals surface area (Å²) in [6, 6.07) is 7.95. The first-order chi connectivity index (χ1) is 10.3. The summed E-state index contributed by atoms with van der Waals surface area (Å²) in [5, 5.41) is 12.2. The summed E-state index contributed by atoms with van der Waals surface area (Å²) in [6.07, 6.45) is 5.14. The molecular weight excluding hydrogens is 262 g/mol. The van der Waals surface area contributed by atoms with Gasteiger partial charge < -0.3 is 10.2 Å². The van der Waals surface area contributed by atoms with Gasteiger partial charge in [0.2, 0.25) is 5.95 Å². The second-order valence-electron chi connectivity index (χ2n) is 6.41. The van der Waals surface area contributed by atoms with Crippen LogP contribution >= 0.6 is 0 Å². The third-order valence-corrected chi connectivity index (χ3v) is 4.85. The first kappa shape index (κ1) is 13.0. The van der Waals surface area contributed by atoms with Crippen molar-refractivity contribution in [2.75, 3.05) is 31.1 Å². The molecule has 5 heteroatoms. The molecule has 1 aromatic carbocycles. The van der Waals surface area contributed by atoms with Crippen molar-refractivity contribution in [3.05, 3.63) is 24.3 Å². The zero-order valence-electron chi connectivity index (χ0n) is 12.3. The van der Waals surface area contributed by atoms with Crippen LogP contribution in [-0.4, -0.2) is 41.4 Å². The van der Waals surface area contributed by atoms with Crippen LogP contribution < -0.4 is 10.2 Å². The van der Waals surface area contributed by atoms with Gasteiger partial charge in [-0.3, -0.25) is 0 Å². The average molecular weight is 283 g/mol. The SMILES string of the molecule is c1ccc2nc(N3CCCC4(CCCNC4)C3)nnc2c1. The van der Waals surface area contributed by atoms with Crippen molar-refractivity contribution in [1.29, 1.82) is 0 Å². The molecule has 0 bridgehead atoms. The van der Waals surface area contributed by atoms with Crippen LogP contribution in [0.3, 0.4) is 0 Å². The molecular formula is C16H21N5. The van der Waals surface area contributed by atoms with Gasteiger partial charge in [0.15, 0.2) is 0 Å². The van der Waals surface area contributed by atoms with E-state index in [0.29, 0.717) is 5.41 Å². The number of nitrogens with one attached hydrogen (secondary N) is 1. The first-order valence-corrected chi connectivity index (χ1v) is 7.90. The molecule has 1 spiro atoms. The highest BCUT2D eigenvalue weighted by Gasteiger charge is 2.37. The fraction of sp³-hybridized carbons (Fsp3) is 0.562. The minimum absolute atomic E-state index is 0.408. The van der Waals surface area contributed by atoms with Gasteiger partial charge in [0.1, 0.15) is 5.52 Å². The van der Waals surface area contributed by atoms with Gasteiger partial charge in [0.05, 0.1) is 5.52 Å². The average Bonchev–Trinajstić information content (AvgIpc) is 2.55. The molecule has 5 nitrogen and oxygen atoms in total. The quantitative estimate of drug-likeness (QED) is 0.867. The second-order valence-corrected chi connectivity index (χ2v) is 6.41. The molecule has 1 aromatic heterocycles. The Morgan fingerprint density at radius 3 is 2.76 bits per heavy atom. The van der Waals surface area contributed by atoms with Crippen molar-refractivity contribution in [1.82, 2.24) is 20.5 Å². The number of aromatic nitrogens is 3. The van der Waals surface area contributed by atoms with E-state index >= 15 is 0 Å². The Bertz CT molecular complexity index is 630. The zero-order valence-corrected chi connectivity index (χ0v) is 12.3. The number of fused-ring (bicyclic) bond motifs is 1. The van der Waals surface area contributed by atoms with Crippen molar-refractivity contribution < 1.29 is 0 Å². The van der Waals surface area contributed by atoms with Crippen LogP contribution in [0.1, 0.15) is 25.7 Å². The van der Waals surface area contributed by atoms with Gasteiger partial charge >= 0.3 is 0 Å². The Hall–Kier alpha value is -1.75. The third kappa shape index (κ3) is 2.46. The summed E-state index contributed by atoms with van der Waals surface area (Å²) >= 11 is 0. The molecule has 1 N–H and O–H groups in total. The van der Waals surface area contributed by atoms with E-state index in [2.05, 4.69) is 20.4 Å². The van der Waals surface area contributed by atoms with E-state index in [0.717, 1.165) is 43.2 Å². The minimum Gasteiger partial charge on any atom is -0.339 e. The predicted molar refractivity (Wildman–Crippen MR) is 83.3 cm³/mol. The molecule has 21 heavy (non-hydrogen) atoms.